The zero-order valence-electron chi connectivity index (χ0n) is 14.3. The third-order valence-electron chi connectivity index (χ3n) is 3.79. The number of nitrogens with one attached hydrogen (secondary N) is 1. The molecule has 134 valence electrons. The molecule has 0 atom stereocenters. The Morgan fingerprint density at radius 3 is 2.65 bits per heavy atom. The van der Waals surface area contributed by atoms with Gasteiger partial charge in [0.05, 0.1) is 4.88 Å². The molecule has 0 aliphatic carbocycles. The zero-order chi connectivity index (χ0) is 18.7. The number of hydrogen-bond donors (Lipinski definition) is 1. The number of carbonyl (C=O) groups is 1. The fourth-order valence-corrected chi connectivity index (χ4v) is 3.15. The quantitative estimate of drug-likeness (QED) is 0.644. The summed E-state index contributed by atoms with van der Waals surface area (Å²) in [4.78, 5) is 12.7. The van der Waals surface area contributed by atoms with Gasteiger partial charge in [0.1, 0.15) is 12.4 Å². The Morgan fingerprint density at radius 2 is 1.88 bits per heavy atom. The van der Waals surface area contributed by atoms with Crippen molar-refractivity contribution in [3.8, 4) is 5.75 Å². The van der Waals surface area contributed by atoms with Crippen molar-refractivity contribution in [3.63, 3.8) is 0 Å². The van der Waals surface area contributed by atoms with Crippen LogP contribution in [0.3, 0.4) is 0 Å². The highest BCUT2D eigenvalue weighted by atomic mass is 32.1. The lowest BCUT2D eigenvalue weighted by molar-refractivity contribution is 0.103. The third-order valence-corrected chi connectivity index (χ3v) is 4.77. The molecule has 1 aromatic heterocycles. The summed E-state index contributed by atoms with van der Waals surface area (Å²) in [5.41, 5.74) is 3.23. The Hall–Kier alpha value is -2.73. The standard InChI is InChI=1S/C20H17F2NO2S/c1-12-3-4-13(2)18(7-12)25-10-14-8-19(26-11-14)20(24)23-15-5-6-16(21)17(22)9-15/h3-9,11H,10H2,1-2H3,(H,23,24). The highest BCUT2D eigenvalue weighted by Crippen LogP contribution is 2.23. The topological polar surface area (TPSA) is 38.3 Å². The van der Waals surface area contributed by atoms with Crippen LogP contribution >= 0.6 is 11.3 Å². The second-order valence-corrected chi connectivity index (χ2v) is 6.87. The molecule has 0 aliphatic rings. The Bertz CT molecular complexity index is 953. The fourth-order valence-electron chi connectivity index (χ4n) is 2.36. The van der Waals surface area contributed by atoms with Crippen LogP contribution in [0.4, 0.5) is 14.5 Å². The van der Waals surface area contributed by atoms with Gasteiger partial charge < -0.3 is 10.1 Å². The largest absolute Gasteiger partial charge is 0.489 e. The number of halogens is 2. The molecule has 0 saturated carbocycles. The van der Waals surface area contributed by atoms with Gasteiger partial charge in [0.2, 0.25) is 0 Å². The van der Waals surface area contributed by atoms with E-state index < -0.39 is 11.6 Å². The molecule has 0 fully saturated rings. The minimum Gasteiger partial charge on any atom is -0.489 e. The summed E-state index contributed by atoms with van der Waals surface area (Å²) < 4.78 is 32.0. The first kappa shape index (κ1) is 18.1. The lowest BCUT2D eigenvalue weighted by atomic mass is 10.1. The summed E-state index contributed by atoms with van der Waals surface area (Å²) in [5, 5.41) is 4.39. The number of ether oxygens (including phenoxy) is 1. The molecule has 1 heterocycles. The number of thiophene rings is 1. The maximum atomic E-state index is 13.2. The second-order valence-electron chi connectivity index (χ2n) is 5.96. The molecule has 0 saturated heterocycles. The molecule has 6 heteroatoms. The van der Waals surface area contributed by atoms with Crippen LogP contribution in [0, 0.1) is 25.5 Å². The number of benzene rings is 2. The van der Waals surface area contributed by atoms with E-state index in [1.54, 1.807) is 6.07 Å². The molecular weight excluding hydrogens is 356 g/mol. The van der Waals surface area contributed by atoms with Gasteiger partial charge >= 0.3 is 0 Å². The van der Waals surface area contributed by atoms with E-state index in [0.717, 1.165) is 34.6 Å². The van der Waals surface area contributed by atoms with Gasteiger partial charge in [0.15, 0.2) is 11.6 Å². The van der Waals surface area contributed by atoms with Crippen LogP contribution in [0.1, 0.15) is 26.4 Å². The Labute approximate surface area is 154 Å². The average molecular weight is 373 g/mol. The third kappa shape index (κ3) is 4.26. The predicted molar refractivity (Wildman–Crippen MR) is 98.9 cm³/mol. The highest BCUT2D eigenvalue weighted by Gasteiger charge is 2.12. The average Bonchev–Trinajstić information content (AvgIpc) is 3.08. The van der Waals surface area contributed by atoms with Crippen LogP contribution in [-0.4, -0.2) is 5.91 Å². The molecule has 0 spiro atoms. The molecule has 0 unspecified atom stereocenters. The first-order chi connectivity index (χ1) is 12.4. The predicted octanol–water partition coefficient (Wildman–Crippen LogP) is 5.47. The lowest BCUT2D eigenvalue weighted by Gasteiger charge is -2.09. The summed E-state index contributed by atoms with van der Waals surface area (Å²) in [6.45, 7) is 4.32. The zero-order valence-corrected chi connectivity index (χ0v) is 15.1. The first-order valence-corrected chi connectivity index (χ1v) is 8.84. The molecule has 2 aromatic carbocycles. The maximum Gasteiger partial charge on any atom is 0.265 e. The molecule has 3 nitrogen and oxygen atoms in total. The summed E-state index contributed by atoms with van der Waals surface area (Å²) in [6.07, 6.45) is 0. The molecule has 0 radical (unpaired) electrons. The lowest BCUT2D eigenvalue weighted by Crippen LogP contribution is -2.10. The number of carbonyl (C=O) groups excluding carboxylic acids is 1. The van der Waals surface area contributed by atoms with Gasteiger partial charge in [0.25, 0.3) is 5.91 Å². The molecule has 26 heavy (non-hydrogen) atoms. The number of aryl methyl sites for hydroxylation is 2. The SMILES string of the molecule is Cc1ccc(C)c(OCc2csc(C(=O)Nc3ccc(F)c(F)c3)c2)c1. The minimum atomic E-state index is -1.00. The first-order valence-electron chi connectivity index (χ1n) is 7.96. The molecular formula is C20H17F2NO2S. The van der Waals surface area contributed by atoms with Gasteiger partial charge in [-0.2, -0.15) is 0 Å². The van der Waals surface area contributed by atoms with Gasteiger partial charge in [-0.25, -0.2) is 8.78 Å². The second kappa shape index (κ2) is 7.66. The van der Waals surface area contributed by atoms with Crippen molar-refractivity contribution in [2.24, 2.45) is 0 Å². The Balaban J connectivity index is 1.64. The Morgan fingerprint density at radius 1 is 1.08 bits per heavy atom. The highest BCUT2D eigenvalue weighted by molar-refractivity contribution is 7.12. The smallest absolute Gasteiger partial charge is 0.265 e. The van der Waals surface area contributed by atoms with Crippen LogP contribution < -0.4 is 10.1 Å². The van der Waals surface area contributed by atoms with E-state index in [2.05, 4.69) is 5.32 Å². The van der Waals surface area contributed by atoms with E-state index in [1.807, 2.05) is 37.4 Å². The number of amides is 1. The van der Waals surface area contributed by atoms with Gasteiger partial charge in [0, 0.05) is 17.3 Å². The summed E-state index contributed by atoms with van der Waals surface area (Å²) in [7, 11) is 0. The molecule has 1 amide bonds. The molecule has 0 bridgehead atoms. The minimum absolute atomic E-state index is 0.204. The van der Waals surface area contributed by atoms with E-state index in [1.165, 1.54) is 17.4 Å². The maximum absolute atomic E-state index is 13.2. The summed E-state index contributed by atoms with van der Waals surface area (Å²) in [6, 6.07) is 11.0. The Kier molecular flexibility index (Phi) is 5.32. The summed E-state index contributed by atoms with van der Waals surface area (Å²) >= 11 is 1.27. The van der Waals surface area contributed by atoms with Crippen LogP contribution in [-0.2, 0) is 6.61 Å². The number of hydrogen-bond acceptors (Lipinski definition) is 3. The van der Waals surface area contributed by atoms with Gasteiger partial charge in [-0.1, -0.05) is 12.1 Å². The van der Waals surface area contributed by atoms with Crippen molar-refractivity contribution in [1.82, 2.24) is 0 Å². The van der Waals surface area contributed by atoms with Crippen molar-refractivity contribution < 1.29 is 18.3 Å². The van der Waals surface area contributed by atoms with Gasteiger partial charge in [-0.15, -0.1) is 11.3 Å². The van der Waals surface area contributed by atoms with Gasteiger partial charge in [-0.05, 0) is 54.6 Å². The van der Waals surface area contributed by atoms with Crippen molar-refractivity contribution in [1.29, 1.82) is 0 Å². The normalized spacial score (nSPS) is 10.6. The molecule has 0 aliphatic heterocycles. The van der Waals surface area contributed by atoms with Crippen LogP contribution in [0.15, 0.2) is 47.8 Å². The molecule has 1 N–H and O–H groups in total. The van der Waals surface area contributed by atoms with Crippen LogP contribution in [0.5, 0.6) is 5.75 Å². The van der Waals surface area contributed by atoms with Crippen molar-refractivity contribution in [2.45, 2.75) is 20.5 Å². The van der Waals surface area contributed by atoms with Crippen molar-refractivity contribution in [2.75, 3.05) is 5.32 Å². The van der Waals surface area contributed by atoms with Crippen LogP contribution in [0.25, 0.3) is 0 Å². The van der Waals surface area contributed by atoms with Crippen LogP contribution in [0.2, 0.25) is 0 Å². The molecule has 3 rings (SSSR count). The van der Waals surface area contributed by atoms with E-state index in [0.29, 0.717) is 11.5 Å². The fraction of sp³-hybridized carbons (Fsp3) is 0.150. The van der Waals surface area contributed by atoms with Crippen molar-refractivity contribution >= 4 is 22.9 Å². The monoisotopic (exact) mass is 373 g/mol. The van der Waals surface area contributed by atoms with E-state index in [-0.39, 0.29) is 11.6 Å². The molecule has 3 aromatic rings. The van der Waals surface area contributed by atoms with E-state index in [9.17, 15) is 13.6 Å². The number of anilines is 1. The van der Waals surface area contributed by atoms with Gasteiger partial charge in [-0.3, -0.25) is 4.79 Å². The van der Waals surface area contributed by atoms with E-state index in [4.69, 9.17) is 4.74 Å². The van der Waals surface area contributed by atoms with E-state index >= 15 is 0 Å². The van der Waals surface area contributed by atoms with Crippen molar-refractivity contribution in [3.05, 3.63) is 81.0 Å². The summed E-state index contributed by atoms with van der Waals surface area (Å²) in [5.74, 6) is -1.52. The number of rotatable bonds is 5.